The lowest BCUT2D eigenvalue weighted by Crippen LogP contribution is -2.30. The van der Waals surface area contributed by atoms with Crippen LogP contribution in [0, 0.1) is 5.92 Å². The first kappa shape index (κ1) is 29.0. The third-order valence-corrected chi connectivity index (χ3v) is 6.71. The van der Waals surface area contributed by atoms with Crippen LogP contribution in [0.3, 0.4) is 0 Å². The van der Waals surface area contributed by atoms with E-state index >= 15 is 0 Å². The maximum atomic E-state index is 12.6. The summed E-state index contributed by atoms with van der Waals surface area (Å²) >= 11 is 0. The fourth-order valence-electron chi connectivity index (χ4n) is 3.17. The van der Waals surface area contributed by atoms with Crippen LogP contribution in [0.2, 0.25) is 0 Å². The van der Waals surface area contributed by atoms with Crippen molar-refractivity contribution in [3.05, 3.63) is 59.4 Å². The van der Waals surface area contributed by atoms with Gasteiger partial charge in [-0.25, -0.2) is 22.9 Å². The number of amides is 2. The number of carbonyl (C=O) groups excluding carboxylic acids is 3. The molecule has 0 aliphatic rings. The van der Waals surface area contributed by atoms with Crippen LogP contribution in [-0.4, -0.2) is 44.3 Å². The van der Waals surface area contributed by atoms with E-state index in [0.717, 1.165) is 37.4 Å². The van der Waals surface area contributed by atoms with E-state index in [2.05, 4.69) is 24.1 Å². The fourth-order valence-corrected chi connectivity index (χ4v) is 4.14. The first-order chi connectivity index (χ1) is 17.1. The minimum Gasteiger partial charge on any atom is -0.461 e. The summed E-state index contributed by atoms with van der Waals surface area (Å²) in [4.78, 5) is 40.1. The van der Waals surface area contributed by atoms with Gasteiger partial charge in [-0.1, -0.05) is 45.7 Å². The van der Waals surface area contributed by atoms with E-state index in [1.54, 1.807) is 12.1 Å². The number of pyridine rings is 1. The third-order valence-electron chi connectivity index (χ3n) is 5.36. The molecule has 0 unspecified atom stereocenters. The Labute approximate surface area is 213 Å². The Hall–Kier alpha value is -3.27. The van der Waals surface area contributed by atoms with Crippen LogP contribution < -0.4 is 10.0 Å². The van der Waals surface area contributed by atoms with Gasteiger partial charge < -0.3 is 10.1 Å². The highest BCUT2D eigenvalue weighted by Gasteiger charge is 2.19. The van der Waals surface area contributed by atoms with Crippen LogP contribution in [0.25, 0.3) is 0 Å². The molecule has 2 amide bonds. The lowest BCUT2D eigenvalue weighted by Gasteiger charge is -2.09. The maximum absolute atomic E-state index is 12.6. The molecule has 36 heavy (non-hydrogen) atoms. The van der Waals surface area contributed by atoms with E-state index in [4.69, 9.17) is 4.74 Å². The standard InChI is InChI=1S/C26H35N3O6S/c1-4-5-6-17-35-26(32)23-13-10-21(18-28-23)25(31)29-36(33,34)22-11-8-20(9-12-22)15-16-27-24(30)14-7-19(2)3/h8-13,18-19H,4-7,14-17H2,1-3H3,(H,27,30)(H,29,31). The number of rotatable bonds is 14. The van der Waals surface area contributed by atoms with E-state index < -0.39 is 21.9 Å². The molecule has 0 bridgehead atoms. The zero-order valence-corrected chi connectivity index (χ0v) is 21.9. The first-order valence-corrected chi connectivity index (χ1v) is 13.7. The zero-order valence-electron chi connectivity index (χ0n) is 21.1. The second-order valence-electron chi connectivity index (χ2n) is 8.89. The smallest absolute Gasteiger partial charge is 0.356 e. The van der Waals surface area contributed by atoms with E-state index in [-0.39, 0.29) is 22.1 Å². The Morgan fingerprint density at radius 3 is 2.36 bits per heavy atom. The first-order valence-electron chi connectivity index (χ1n) is 12.2. The van der Waals surface area contributed by atoms with Gasteiger partial charge >= 0.3 is 5.97 Å². The molecule has 0 saturated heterocycles. The average molecular weight is 518 g/mol. The van der Waals surface area contributed by atoms with Gasteiger partial charge in [0, 0.05) is 19.2 Å². The number of nitrogens with one attached hydrogen (secondary N) is 2. The van der Waals surface area contributed by atoms with Gasteiger partial charge in [-0.2, -0.15) is 0 Å². The molecule has 0 aliphatic heterocycles. The summed E-state index contributed by atoms with van der Waals surface area (Å²) in [5.41, 5.74) is 0.884. The van der Waals surface area contributed by atoms with Crippen molar-refractivity contribution in [3.8, 4) is 0 Å². The van der Waals surface area contributed by atoms with Gasteiger partial charge in [0.25, 0.3) is 15.9 Å². The highest BCUT2D eigenvalue weighted by Crippen LogP contribution is 2.12. The number of aromatic nitrogens is 1. The second-order valence-corrected chi connectivity index (χ2v) is 10.6. The minimum absolute atomic E-state index is 0.00278. The Kier molecular flexibility index (Phi) is 11.5. The summed E-state index contributed by atoms with van der Waals surface area (Å²) in [5.74, 6) is -0.998. The van der Waals surface area contributed by atoms with E-state index in [1.165, 1.54) is 24.3 Å². The van der Waals surface area contributed by atoms with Crippen molar-refractivity contribution >= 4 is 27.8 Å². The number of hydrogen-bond acceptors (Lipinski definition) is 7. The maximum Gasteiger partial charge on any atom is 0.356 e. The van der Waals surface area contributed by atoms with Gasteiger partial charge in [0.15, 0.2) is 0 Å². The Balaban J connectivity index is 1.88. The number of benzene rings is 1. The molecular weight excluding hydrogens is 482 g/mol. The summed E-state index contributed by atoms with van der Waals surface area (Å²) in [6.07, 6.45) is 5.71. The molecule has 196 valence electrons. The molecule has 2 rings (SSSR count). The van der Waals surface area contributed by atoms with Gasteiger partial charge in [-0.15, -0.1) is 0 Å². The van der Waals surface area contributed by atoms with Crippen LogP contribution in [0.4, 0.5) is 0 Å². The van der Waals surface area contributed by atoms with E-state index in [9.17, 15) is 22.8 Å². The van der Waals surface area contributed by atoms with Gasteiger partial charge in [-0.05, 0) is 55.0 Å². The number of ether oxygens (including phenoxy) is 1. The lowest BCUT2D eigenvalue weighted by molar-refractivity contribution is -0.121. The largest absolute Gasteiger partial charge is 0.461 e. The summed E-state index contributed by atoms with van der Waals surface area (Å²) < 4.78 is 32.4. The topological polar surface area (TPSA) is 132 Å². The number of esters is 1. The zero-order chi connectivity index (χ0) is 26.6. The lowest BCUT2D eigenvalue weighted by atomic mass is 10.1. The molecule has 9 nitrogen and oxygen atoms in total. The predicted molar refractivity (Wildman–Crippen MR) is 136 cm³/mol. The predicted octanol–water partition coefficient (Wildman–Crippen LogP) is 3.64. The number of unbranched alkanes of at least 4 members (excludes halogenated alkanes) is 2. The molecule has 2 aromatic rings. The van der Waals surface area contributed by atoms with E-state index in [1.807, 2.05) is 11.6 Å². The summed E-state index contributed by atoms with van der Waals surface area (Å²) in [7, 11) is -4.11. The number of hydrogen-bond donors (Lipinski definition) is 2. The quantitative estimate of drug-likeness (QED) is 0.289. The molecule has 0 aliphatic carbocycles. The molecule has 10 heteroatoms. The normalized spacial score (nSPS) is 11.2. The van der Waals surface area contributed by atoms with Crippen LogP contribution in [0.15, 0.2) is 47.5 Å². The SMILES string of the molecule is CCCCCOC(=O)c1ccc(C(=O)NS(=O)(=O)c2ccc(CCNC(=O)CCC(C)C)cc2)cn1. The van der Waals surface area contributed by atoms with Gasteiger partial charge in [-0.3, -0.25) is 9.59 Å². The molecule has 0 spiro atoms. The van der Waals surface area contributed by atoms with Gasteiger partial charge in [0.05, 0.1) is 17.1 Å². The highest BCUT2D eigenvalue weighted by atomic mass is 32.2. The average Bonchev–Trinajstić information content (AvgIpc) is 2.85. The van der Waals surface area contributed by atoms with Crippen molar-refractivity contribution in [2.24, 2.45) is 5.92 Å². The van der Waals surface area contributed by atoms with Crippen molar-refractivity contribution in [3.63, 3.8) is 0 Å². The fraction of sp³-hybridized carbons (Fsp3) is 0.462. The third kappa shape index (κ3) is 9.77. The summed E-state index contributed by atoms with van der Waals surface area (Å²) in [6.45, 7) is 6.91. The molecule has 0 atom stereocenters. The molecular formula is C26H35N3O6S. The van der Waals surface area contributed by atoms with Gasteiger partial charge in [0.2, 0.25) is 5.91 Å². The van der Waals surface area contributed by atoms with Gasteiger partial charge in [0.1, 0.15) is 5.69 Å². The molecule has 1 aromatic heterocycles. The Morgan fingerprint density at radius 1 is 1.03 bits per heavy atom. The van der Waals surface area contributed by atoms with Crippen LogP contribution >= 0.6 is 0 Å². The van der Waals surface area contributed by atoms with Crippen molar-refractivity contribution in [2.75, 3.05) is 13.2 Å². The Morgan fingerprint density at radius 2 is 1.75 bits per heavy atom. The number of sulfonamides is 1. The molecule has 0 saturated carbocycles. The van der Waals surface area contributed by atoms with Crippen molar-refractivity contribution in [1.29, 1.82) is 0 Å². The van der Waals surface area contributed by atoms with Crippen LogP contribution in [0.5, 0.6) is 0 Å². The van der Waals surface area contributed by atoms with Crippen molar-refractivity contribution in [2.45, 2.75) is 64.2 Å². The van der Waals surface area contributed by atoms with Crippen LogP contribution in [0.1, 0.15) is 79.3 Å². The van der Waals surface area contributed by atoms with Crippen LogP contribution in [-0.2, 0) is 26.0 Å². The molecule has 0 radical (unpaired) electrons. The highest BCUT2D eigenvalue weighted by molar-refractivity contribution is 7.90. The second kappa shape index (κ2) is 14.3. The Bertz CT molecular complexity index is 1110. The molecule has 2 N–H and O–H groups in total. The monoisotopic (exact) mass is 517 g/mol. The minimum atomic E-state index is -4.11. The molecule has 1 aromatic carbocycles. The van der Waals surface area contributed by atoms with Crippen molar-refractivity contribution in [1.82, 2.24) is 15.0 Å². The number of nitrogens with zero attached hydrogens (tertiary/aromatic N) is 1. The van der Waals surface area contributed by atoms with Crippen molar-refractivity contribution < 1.29 is 27.5 Å². The van der Waals surface area contributed by atoms with E-state index in [0.29, 0.717) is 31.9 Å². The summed E-state index contributed by atoms with van der Waals surface area (Å²) in [6, 6.07) is 8.73. The number of carbonyl (C=O) groups is 3. The molecule has 1 heterocycles. The molecule has 0 fully saturated rings. The summed E-state index contributed by atoms with van der Waals surface area (Å²) in [5, 5.41) is 2.85.